The number of carbonyl (C=O) groups is 1. The lowest BCUT2D eigenvalue weighted by Crippen LogP contribution is -2.37. The van der Waals surface area contributed by atoms with E-state index in [1.54, 1.807) is 31.4 Å². The van der Waals surface area contributed by atoms with Crippen LogP contribution in [0.3, 0.4) is 0 Å². The highest BCUT2D eigenvalue weighted by Gasteiger charge is 2.26. The number of benzene rings is 3. The second-order valence-electron chi connectivity index (χ2n) is 8.21. The number of rotatable bonds is 9. The molecular formula is C26H29N3O4S. The third-order valence-corrected chi connectivity index (χ3v) is 7.39. The van der Waals surface area contributed by atoms with Crippen molar-refractivity contribution in [2.24, 2.45) is 0 Å². The van der Waals surface area contributed by atoms with Crippen molar-refractivity contribution in [1.82, 2.24) is 10.2 Å². The summed E-state index contributed by atoms with van der Waals surface area (Å²) in [7, 11) is -2.09. The van der Waals surface area contributed by atoms with Gasteiger partial charge in [0, 0.05) is 23.4 Å². The van der Waals surface area contributed by atoms with Gasteiger partial charge < -0.3 is 10.1 Å². The van der Waals surface area contributed by atoms with E-state index in [0.717, 1.165) is 37.2 Å². The SMILES string of the molecule is COc1ccccc1[C@@H](CNC(=O)c1ccc(S(=O)(=O)Nc2ccccc2)cc1)N1CCCC1. The predicted octanol–water partition coefficient (Wildman–Crippen LogP) is 4.06. The minimum atomic E-state index is -3.74. The van der Waals surface area contributed by atoms with Gasteiger partial charge in [0.15, 0.2) is 0 Å². The van der Waals surface area contributed by atoms with Crippen molar-refractivity contribution in [3.8, 4) is 5.75 Å². The maximum absolute atomic E-state index is 12.9. The first-order valence-electron chi connectivity index (χ1n) is 11.3. The van der Waals surface area contributed by atoms with Gasteiger partial charge in [0.1, 0.15) is 5.75 Å². The van der Waals surface area contributed by atoms with Crippen molar-refractivity contribution >= 4 is 21.6 Å². The number of methoxy groups -OCH3 is 1. The molecule has 1 amide bonds. The molecule has 0 saturated carbocycles. The monoisotopic (exact) mass is 479 g/mol. The molecular weight excluding hydrogens is 450 g/mol. The number of nitrogens with zero attached hydrogens (tertiary/aromatic N) is 1. The Kier molecular flexibility index (Phi) is 7.49. The van der Waals surface area contributed by atoms with Crippen LogP contribution in [0.1, 0.15) is 34.8 Å². The molecule has 34 heavy (non-hydrogen) atoms. The van der Waals surface area contributed by atoms with E-state index in [1.807, 2.05) is 30.3 Å². The zero-order chi connectivity index (χ0) is 24.0. The minimum Gasteiger partial charge on any atom is -0.496 e. The zero-order valence-corrected chi connectivity index (χ0v) is 19.9. The Morgan fingerprint density at radius 1 is 0.941 bits per heavy atom. The van der Waals surface area contributed by atoms with Crippen LogP contribution in [0.4, 0.5) is 5.69 Å². The predicted molar refractivity (Wildman–Crippen MR) is 133 cm³/mol. The molecule has 0 radical (unpaired) electrons. The number of hydrogen-bond donors (Lipinski definition) is 2. The number of likely N-dealkylation sites (tertiary alicyclic amines) is 1. The van der Waals surface area contributed by atoms with Crippen LogP contribution in [0.2, 0.25) is 0 Å². The summed E-state index contributed by atoms with van der Waals surface area (Å²) in [5, 5.41) is 3.02. The van der Waals surface area contributed by atoms with Gasteiger partial charge in [0.25, 0.3) is 15.9 Å². The van der Waals surface area contributed by atoms with Gasteiger partial charge in [-0.05, 0) is 68.4 Å². The third-order valence-electron chi connectivity index (χ3n) is 5.99. The molecule has 2 N–H and O–H groups in total. The first-order valence-corrected chi connectivity index (χ1v) is 12.8. The molecule has 1 heterocycles. The molecule has 0 aromatic heterocycles. The van der Waals surface area contributed by atoms with E-state index in [4.69, 9.17) is 4.74 Å². The highest BCUT2D eigenvalue weighted by molar-refractivity contribution is 7.92. The Hall–Kier alpha value is -3.36. The van der Waals surface area contributed by atoms with Gasteiger partial charge in [-0.3, -0.25) is 14.4 Å². The molecule has 1 atom stereocenters. The number of sulfonamides is 1. The first kappa shape index (κ1) is 23.8. The fourth-order valence-electron chi connectivity index (χ4n) is 4.23. The highest BCUT2D eigenvalue weighted by Crippen LogP contribution is 2.31. The topological polar surface area (TPSA) is 87.7 Å². The van der Waals surface area contributed by atoms with Gasteiger partial charge in [-0.1, -0.05) is 36.4 Å². The smallest absolute Gasteiger partial charge is 0.261 e. The number of ether oxygens (including phenoxy) is 1. The Morgan fingerprint density at radius 2 is 1.59 bits per heavy atom. The molecule has 1 aliphatic heterocycles. The maximum atomic E-state index is 12.9. The Balaban J connectivity index is 1.45. The Bertz CT molecular complexity index is 1210. The standard InChI is InChI=1S/C26H29N3O4S/c1-33-25-12-6-5-11-23(25)24(29-17-7-8-18-29)19-27-26(30)20-13-15-22(16-14-20)34(31,32)28-21-9-3-2-4-10-21/h2-6,9-16,24,28H,7-8,17-19H2,1H3,(H,27,30)/t24-/m1/s1. The molecule has 0 bridgehead atoms. The van der Waals surface area contributed by atoms with Crippen molar-refractivity contribution < 1.29 is 17.9 Å². The molecule has 3 aromatic carbocycles. The number of para-hydroxylation sites is 2. The van der Waals surface area contributed by atoms with E-state index in [0.29, 0.717) is 17.8 Å². The molecule has 1 aliphatic rings. The average Bonchev–Trinajstić information content (AvgIpc) is 3.39. The third kappa shape index (κ3) is 5.58. The highest BCUT2D eigenvalue weighted by atomic mass is 32.2. The first-order chi connectivity index (χ1) is 16.5. The fraction of sp³-hybridized carbons (Fsp3) is 0.269. The summed E-state index contributed by atoms with van der Waals surface area (Å²) in [6, 6.07) is 22.5. The molecule has 3 aromatic rings. The zero-order valence-electron chi connectivity index (χ0n) is 19.1. The molecule has 0 spiro atoms. The summed E-state index contributed by atoms with van der Waals surface area (Å²) >= 11 is 0. The van der Waals surface area contributed by atoms with Crippen molar-refractivity contribution in [2.45, 2.75) is 23.8 Å². The summed E-state index contributed by atoms with van der Waals surface area (Å²) in [6.07, 6.45) is 2.26. The summed E-state index contributed by atoms with van der Waals surface area (Å²) < 4.78 is 33.4. The molecule has 4 rings (SSSR count). The molecule has 1 fully saturated rings. The lowest BCUT2D eigenvalue weighted by molar-refractivity contribution is 0.0937. The van der Waals surface area contributed by atoms with Gasteiger partial charge in [-0.25, -0.2) is 8.42 Å². The van der Waals surface area contributed by atoms with Crippen LogP contribution < -0.4 is 14.8 Å². The van der Waals surface area contributed by atoms with Gasteiger partial charge >= 0.3 is 0 Å². The summed E-state index contributed by atoms with van der Waals surface area (Å²) in [5.74, 6) is 0.549. The number of amides is 1. The Labute approximate surface area is 200 Å². The van der Waals surface area contributed by atoms with Crippen LogP contribution in [0.15, 0.2) is 83.8 Å². The normalized spacial score (nSPS) is 15.0. The van der Waals surface area contributed by atoms with Crippen LogP contribution in [-0.2, 0) is 10.0 Å². The molecule has 1 saturated heterocycles. The largest absolute Gasteiger partial charge is 0.496 e. The number of carbonyl (C=O) groups excluding carboxylic acids is 1. The summed E-state index contributed by atoms with van der Waals surface area (Å²) in [4.78, 5) is 15.3. The van der Waals surface area contributed by atoms with Crippen molar-refractivity contribution in [3.63, 3.8) is 0 Å². The molecule has 8 heteroatoms. The van der Waals surface area contributed by atoms with E-state index in [2.05, 4.69) is 14.9 Å². The Morgan fingerprint density at radius 3 is 2.26 bits per heavy atom. The lowest BCUT2D eigenvalue weighted by atomic mass is 10.0. The molecule has 7 nitrogen and oxygen atoms in total. The second kappa shape index (κ2) is 10.7. The summed E-state index contributed by atoms with van der Waals surface area (Å²) in [6.45, 7) is 2.37. The van der Waals surface area contributed by atoms with Crippen LogP contribution in [0, 0.1) is 0 Å². The van der Waals surface area contributed by atoms with Crippen LogP contribution in [-0.4, -0.2) is 46.0 Å². The van der Waals surface area contributed by atoms with E-state index >= 15 is 0 Å². The van der Waals surface area contributed by atoms with E-state index in [1.165, 1.54) is 24.3 Å². The molecule has 0 aliphatic carbocycles. The van der Waals surface area contributed by atoms with Crippen LogP contribution >= 0.6 is 0 Å². The number of hydrogen-bond acceptors (Lipinski definition) is 5. The second-order valence-corrected chi connectivity index (χ2v) is 9.89. The van der Waals surface area contributed by atoms with Crippen molar-refractivity contribution in [2.75, 3.05) is 31.5 Å². The van der Waals surface area contributed by atoms with E-state index in [-0.39, 0.29) is 16.8 Å². The number of anilines is 1. The maximum Gasteiger partial charge on any atom is 0.261 e. The van der Waals surface area contributed by atoms with Crippen molar-refractivity contribution in [3.05, 3.63) is 90.0 Å². The van der Waals surface area contributed by atoms with Crippen LogP contribution in [0.25, 0.3) is 0 Å². The molecule has 0 unspecified atom stereocenters. The quantitative estimate of drug-likeness (QED) is 0.483. The molecule has 178 valence electrons. The average molecular weight is 480 g/mol. The van der Waals surface area contributed by atoms with Gasteiger partial charge in [-0.15, -0.1) is 0 Å². The van der Waals surface area contributed by atoms with Gasteiger partial charge in [0.05, 0.1) is 18.0 Å². The van der Waals surface area contributed by atoms with E-state index in [9.17, 15) is 13.2 Å². The fourth-order valence-corrected chi connectivity index (χ4v) is 5.29. The summed E-state index contributed by atoms with van der Waals surface area (Å²) in [5.41, 5.74) is 1.92. The van der Waals surface area contributed by atoms with Crippen molar-refractivity contribution in [1.29, 1.82) is 0 Å². The lowest BCUT2D eigenvalue weighted by Gasteiger charge is -2.29. The van der Waals surface area contributed by atoms with Gasteiger partial charge in [0.2, 0.25) is 0 Å². The minimum absolute atomic E-state index is 0.00248. The van der Waals surface area contributed by atoms with Crippen LogP contribution in [0.5, 0.6) is 5.75 Å². The van der Waals surface area contributed by atoms with Gasteiger partial charge in [-0.2, -0.15) is 0 Å². The van der Waals surface area contributed by atoms with E-state index < -0.39 is 10.0 Å². The number of nitrogens with one attached hydrogen (secondary N) is 2.